The van der Waals surface area contributed by atoms with Gasteiger partial charge in [-0.2, -0.15) is 0 Å². The predicted molar refractivity (Wildman–Crippen MR) is 85.9 cm³/mol. The third kappa shape index (κ3) is 6.19. The summed E-state index contributed by atoms with van der Waals surface area (Å²) in [5.41, 5.74) is 1.65. The van der Waals surface area contributed by atoms with Crippen LogP contribution in [-0.2, 0) is 10.2 Å². The van der Waals surface area contributed by atoms with Gasteiger partial charge in [0.2, 0.25) is 0 Å². The summed E-state index contributed by atoms with van der Waals surface area (Å²) < 4.78 is 5.61. The van der Waals surface area contributed by atoms with E-state index in [0.717, 1.165) is 12.2 Å². The number of rotatable bonds is 6. The van der Waals surface area contributed by atoms with Crippen molar-refractivity contribution >= 4 is 5.97 Å². The Bertz CT molecular complexity index is 466. The molecule has 1 atom stereocenters. The minimum Gasteiger partial charge on any atom is -0.490 e. The molecule has 0 saturated carbocycles. The molecule has 0 radical (unpaired) electrons. The average Bonchev–Trinajstić information content (AvgIpc) is 2.24. The third-order valence-electron chi connectivity index (χ3n) is 3.41. The monoisotopic (exact) mass is 292 g/mol. The number of hydrogen-bond acceptors (Lipinski definition) is 2. The first-order valence-corrected chi connectivity index (χ1v) is 7.49. The molecule has 0 heterocycles. The fourth-order valence-corrected chi connectivity index (χ4v) is 2.93. The minimum atomic E-state index is -0.842. The molecule has 3 nitrogen and oxygen atoms in total. The second-order valence-corrected chi connectivity index (χ2v) is 7.67. The number of carboxylic acids is 1. The molecule has 0 amide bonds. The molecule has 0 aromatic heterocycles. The molecule has 0 aliphatic carbocycles. The fraction of sp³-hybridized carbons (Fsp3) is 0.611. The highest BCUT2D eigenvalue weighted by molar-refractivity contribution is 5.67. The summed E-state index contributed by atoms with van der Waals surface area (Å²) in [6.07, 6.45) is 0.781. The Morgan fingerprint density at radius 1 is 1.14 bits per heavy atom. The Morgan fingerprint density at radius 2 is 1.67 bits per heavy atom. The van der Waals surface area contributed by atoms with Crippen LogP contribution in [-0.4, -0.2) is 17.2 Å². The van der Waals surface area contributed by atoms with Crippen LogP contribution in [0.5, 0.6) is 5.75 Å². The van der Waals surface area contributed by atoms with Crippen LogP contribution in [0.15, 0.2) is 24.3 Å². The van der Waals surface area contributed by atoms with Crippen molar-refractivity contribution in [2.24, 2.45) is 5.41 Å². The molecule has 0 spiro atoms. The Hall–Kier alpha value is -1.51. The summed E-state index contributed by atoms with van der Waals surface area (Å²) in [7, 11) is 0. The van der Waals surface area contributed by atoms with E-state index in [2.05, 4.69) is 46.8 Å². The molecule has 3 heteroatoms. The molecular formula is C18H28O3. The largest absolute Gasteiger partial charge is 0.490 e. The van der Waals surface area contributed by atoms with E-state index in [1.807, 2.05) is 12.1 Å². The van der Waals surface area contributed by atoms with E-state index in [9.17, 15) is 4.79 Å². The third-order valence-corrected chi connectivity index (χ3v) is 3.41. The molecule has 0 fully saturated rings. The second-order valence-electron chi connectivity index (χ2n) is 7.67. The van der Waals surface area contributed by atoms with E-state index in [4.69, 9.17) is 9.84 Å². The van der Waals surface area contributed by atoms with Gasteiger partial charge >= 0.3 is 5.97 Å². The average molecular weight is 292 g/mol. The van der Waals surface area contributed by atoms with Gasteiger partial charge in [0.15, 0.2) is 0 Å². The predicted octanol–water partition coefficient (Wildman–Crippen LogP) is 4.64. The van der Waals surface area contributed by atoms with Crippen LogP contribution in [0, 0.1) is 5.41 Å². The van der Waals surface area contributed by atoms with Crippen LogP contribution in [0.25, 0.3) is 0 Å². The second kappa shape index (κ2) is 6.50. The lowest BCUT2D eigenvalue weighted by Crippen LogP contribution is -2.24. The van der Waals surface area contributed by atoms with Crippen molar-refractivity contribution in [2.45, 2.75) is 65.9 Å². The SMILES string of the molecule is C[C@H](CC(=O)O)Oc1ccc(C(C)(C)CC(C)(C)C)cc1. The summed E-state index contributed by atoms with van der Waals surface area (Å²) in [6, 6.07) is 8.01. The van der Waals surface area contributed by atoms with Crippen LogP contribution in [0.4, 0.5) is 0 Å². The highest BCUT2D eigenvalue weighted by Gasteiger charge is 2.27. The van der Waals surface area contributed by atoms with Crippen molar-refractivity contribution in [1.29, 1.82) is 0 Å². The maximum atomic E-state index is 10.6. The molecule has 21 heavy (non-hydrogen) atoms. The van der Waals surface area contributed by atoms with E-state index >= 15 is 0 Å². The maximum absolute atomic E-state index is 10.6. The molecule has 0 bridgehead atoms. The number of carbonyl (C=O) groups is 1. The topological polar surface area (TPSA) is 46.5 Å². The van der Waals surface area contributed by atoms with Crippen molar-refractivity contribution in [3.8, 4) is 5.75 Å². The van der Waals surface area contributed by atoms with E-state index in [1.54, 1.807) is 6.92 Å². The van der Waals surface area contributed by atoms with Gasteiger partial charge in [-0.25, -0.2) is 0 Å². The lowest BCUT2D eigenvalue weighted by atomic mass is 9.72. The van der Waals surface area contributed by atoms with E-state index in [0.29, 0.717) is 0 Å². The summed E-state index contributed by atoms with van der Waals surface area (Å²) in [5.74, 6) is -0.121. The smallest absolute Gasteiger partial charge is 0.307 e. The Labute approximate surface area is 128 Å². The summed E-state index contributed by atoms with van der Waals surface area (Å²) in [5, 5.41) is 8.74. The van der Waals surface area contributed by atoms with Gasteiger partial charge in [0, 0.05) is 0 Å². The standard InChI is InChI=1S/C18H28O3/c1-13(11-16(19)20)21-15-9-7-14(8-10-15)18(5,6)12-17(2,3)4/h7-10,13H,11-12H2,1-6H3,(H,19,20)/t13-/m1/s1. The van der Waals surface area contributed by atoms with Crippen molar-refractivity contribution < 1.29 is 14.6 Å². The number of hydrogen-bond donors (Lipinski definition) is 1. The van der Waals surface area contributed by atoms with Crippen LogP contribution in [0.2, 0.25) is 0 Å². The zero-order valence-electron chi connectivity index (χ0n) is 14.1. The van der Waals surface area contributed by atoms with E-state index < -0.39 is 5.97 Å². The molecule has 1 aromatic carbocycles. The molecule has 118 valence electrons. The molecule has 1 aromatic rings. The fourth-order valence-electron chi connectivity index (χ4n) is 2.93. The van der Waals surface area contributed by atoms with E-state index in [1.165, 1.54) is 5.56 Å². The zero-order chi connectivity index (χ0) is 16.3. The first-order valence-electron chi connectivity index (χ1n) is 7.49. The number of aliphatic carboxylic acids is 1. The quantitative estimate of drug-likeness (QED) is 0.830. The van der Waals surface area contributed by atoms with E-state index in [-0.39, 0.29) is 23.4 Å². The minimum absolute atomic E-state index is 0.0112. The van der Waals surface area contributed by atoms with Gasteiger partial charge in [-0.15, -0.1) is 0 Å². The van der Waals surface area contributed by atoms with Gasteiger partial charge < -0.3 is 9.84 Å². The number of carboxylic acid groups (broad SMARTS) is 1. The first-order chi connectivity index (χ1) is 9.49. The molecule has 1 rings (SSSR count). The summed E-state index contributed by atoms with van der Waals surface area (Å²) in [4.78, 5) is 10.6. The molecule has 0 unspecified atom stereocenters. The van der Waals surface area contributed by atoms with Crippen LogP contribution < -0.4 is 4.74 Å². The van der Waals surface area contributed by atoms with Gasteiger partial charge in [0.25, 0.3) is 0 Å². The summed E-state index contributed by atoms with van der Waals surface area (Å²) in [6.45, 7) is 13.0. The van der Waals surface area contributed by atoms with Gasteiger partial charge in [-0.05, 0) is 41.9 Å². The maximum Gasteiger partial charge on any atom is 0.307 e. The van der Waals surface area contributed by atoms with Crippen LogP contribution in [0.1, 0.15) is 59.9 Å². The molecule has 0 aliphatic heterocycles. The molecule has 1 N–H and O–H groups in total. The molecule has 0 aliphatic rings. The lowest BCUT2D eigenvalue weighted by molar-refractivity contribution is -0.138. The lowest BCUT2D eigenvalue weighted by Gasteiger charge is -2.33. The first kappa shape index (κ1) is 17.5. The van der Waals surface area contributed by atoms with Crippen LogP contribution in [0.3, 0.4) is 0 Å². The number of ether oxygens (including phenoxy) is 1. The highest BCUT2D eigenvalue weighted by atomic mass is 16.5. The Balaban J connectivity index is 2.75. The van der Waals surface area contributed by atoms with Gasteiger partial charge in [-0.1, -0.05) is 46.8 Å². The Kier molecular flexibility index (Phi) is 5.43. The van der Waals surface area contributed by atoms with Crippen LogP contribution >= 0.6 is 0 Å². The van der Waals surface area contributed by atoms with Gasteiger partial charge in [0.05, 0.1) is 6.42 Å². The normalized spacial score (nSPS) is 13.8. The van der Waals surface area contributed by atoms with Crippen molar-refractivity contribution in [3.05, 3.63) is 29.8 Å². The van der Waals surface area contributed by atoms with Crippen molar-refractivity contribution in [1.82, 2.24) is 0 Å². The van der Waals surface area contributed by atoms with Crippen molar-refractivity contribution in [3.63, 3.8) is 0 Å². The van der Waals surface area contributed by atoms with Crippen molar-refractivity contribution in [2.75, 3.05) is 0 Å². The summed E-state index contributed by atoms with van der Waals surface area (Å²) >= 11 is 0. The van der Waals surface area contributed by atoms with Gasteiger partial charge in [0.1, 0.15) is 11.9 Å². The molecular weight excluding hydrogens is 264 g/mol. The zero-order valence-corrected chi connectivity index (χ0v) is 14.1. The highest BCUT2D eigenvalue weighted by Crippen LogP contribution is 2.36. The number of benzene rings is 1. The Morgan fingerprint density at radius 3 is 2.10 bits per heavy atom. The molecule has 0 saturated heterocycles. The van der Waals surface area contributed by atoms with Gasteiger partial charge in [-0.3, -0.25) is 4.79 Å².